The van der Waals surface area contributed by atoms with Gasteiger partial charge in [0.25, 0.3) is 5.91 Å². The molecule has 0 atom stereocenters. The lowest BCUT2D eigenvalue weighted by Crippen LogP contribution is -2.37. The molecule has 0 unspecified atom stereocenters. The van der Waals surface area contributed by atoms with E-state index >= 15 is 0 Å². The number of halogens is 2. The van der Waals surface area contributed by atoms with Crippen LogP contribution in [-0.2, 0) is 20.1 Å². The summed E-state index contributed by atoms with van der Waals surface area (Å²) < 4.78 is 1.83. The fraction of sp³-hybridized carbons (Fsp3) is 0.368. The van der Waals surface area contributed by atoms with Gasteiger partial charge in [-0.3, -0.25) is 4.79 Å². The summed E-state index contributed by atoms with van der Waals surface area (Å²) in [6.45, 7) is 6.23. The summed E-state index contributed by atoms with van der Waals surface area (Å²) in [4.78, 5) is 16.6. The van der Waals surface area contributed by atoms with Crippen LogP contribution in [0.25, 0.3) is 0 Å². The third kappa shape index (κ3) is 5.91. The summed E-state index contributed by atoms with van der Waals surface area (Å²) in [6.07, 6.45) is 0. The van der Waals surface area contributed by atoms with Crippen molar-refractivity contribution in [3.63, 3.8) is 0 Å². The number of rotatable bonds is 7. The summed E-state index contributed by atoms with van der Waals surface area (Å²) >= 11 is 12.2. The molecule has 2 rings (SSSR count). The molecule has 2 aromatic rings. The lowest BCUT2D eigenvalue weighted by molar-refractivity contribution is 0.0955. The van der Waals surface area contributed by atoms with Crippen LogP contribution in [0.15, 0.2) is 35.3 Å². The van der Waals surface area contributed by atoms with E-state index in [1.54, 1.807) is 6.07 Å². The van der Waals surface area contributed by atoms with Crippen LogP contribution in [0.4, 0.5) is 0 Å². The molecule has 146 valence electrons. The number of aromatic nitrogens is 1. The van der Waals surface area contributed by atoms with Gasteiger partial charge in [0.1, 0.15) is 5.15 Å². The second-order valence-electron chi connectivity index (χ2n) is 5.94. The van der Waals surface area contributed by atoms with Crippen molar-refractivity contribution in [3.05, 3.63) is 57.3 Å². The average Bonchev–Trinajstić information content (AvgIpc) is 2.91. The number of carbonyl (C=O) groups excluding carboxylic acids is 1. The first-order chi connectivity index (χ1) is 13.0. The molecule has 0 aliphatic carbocycles. The van der Waals surface area contributed by atoms with E-state index < -0.39 is 0 Å². The zero-order valence-corrected chi connectivity index (χ0v) is 17.3. The van der Waals surface area contributed by atoms with Crippen LogP contribution in [0.2, 0.25) is 10.2 Å². The van der Waals surface area contributed by atoms with Crippen molar-refractivity contribution in [3.8, 4) is 0 Å². The number of nitrogens with zero attached hydrogens (tertiary/aromatic N) is 2. The van der Waals surface area contributed by atoms with Crippen LogP contribution in [0.3, 0.4) is 0 Å². The molecule has 27 heavy (non-hydrogen) atoms. The van der Waals surface area contributed by atoms with E-state index in [9.17, 15) is 4.79 Å². The SMILES string of the molecule is CCNC(=O)c1cccc(CN=C(NCC)NCc2cc(Cl)c(Cl)n2C)c1. The minimum Gasteiger partial charge on any atom is -0.357 e. The lowest BCUT2D eigenvalue weighted by Gasteiger charge is -2.12. The molecule has 0 fully saturated rings. The summed E-state index contributed by atoms with van der Waals surface area (Å²) in [7, 11) is 1.86. The van der Waals surface area contributed by atoms with Crippen molar-refractivity contribution in [1.29, 1.82) is 0 Å². The highest BCUT2D eigenvalue weighted by Crippen LogP contribution is 2.24. The third-order valence-electron chi connectivity index (χ3n) is 3.94. The maximum Gasteiger partial charge on any atom is 0.251 e. The van der Waals surface area contributed by atoms with E-state index in [2.05, 4.69) is 20.9 Å². The molecule has 1 heterocycles. The van der Waals surface area contributed by atoms with Crippen molar-refractivity contribution >= 4 is 35.1 Å². The van der Waals surface area contributed by atoms with Crippen LogP contribution in [-0.4, -0.2) is 29.5 Å². The van der Waals surface area contributed by atoms with Crippen molar-refractivity contribution in [2.24, 2.45) is 12.0 Å². The van der Waals surface area contributed by atoms with Gasteiger partial charge < -0.3 is 20.5 Å². The zero-order chi connectivity index (χ0) is 19.8. The molecule has 1 aromatic heterocycles. The first kappa shape index (κ1) is 21.1. The topological polar surface area (TPSA) is 70.4 Å². The minimum atomic E-state index is -0.0779. The van der Waals surface area contributed by atoms with E-state index in [-0.39, 0.29) is 5.91 Å². The van der Waals surface area contributed by atoms with Gasteiger partial charge in [0.05, 0.1) is 18.1 Å². The Morgan fingerprint density at radius 1 is 1.11 bits per heavy atom. The zero-order valence-electron chi connectivity index (χ0n) is 15.8. The molecule has 3 N–H and O–H groups in total. The molecule has 6 nitrogen and oxygen atoms in total. The molecular weight excluding hydrogens is 385 g/mol. The number of carbonyl (C=O) groups is 1. The molecule has 0 aliphatic heterocycles. The van der Waals surface area contributed by atoms with Crippen molar-refractivity contribution in [1.82, 2.24) is 20.5 Å². The maximum atomic E-state index is 12.0. The number of guanidine groups is 1. The van der Waals surface area contributed by atoms with Crippen LogP contribution in [0, 0.1) is 0 Å². The second kappa shape index (κ2) is 10.2. The Hall–Kier alpha value is -2.18. The van der Waals surface area contributed by atoms with Gasteiger partial charge in [-0.25, -0.2) is 4.99 Å². The standard InChI is InChI=1S/C19H25Cl2N5O/c1-4-22-18(27)14-8-6-7-13(9-14)11-24-19(23-5-2)25-12-15-10-16(20)17(21)26(15)3/h6-10H,4-5,11-12H2,1-3H3,(H,22,27)(H2,23,24,25). The van der Waals surface area contributed by atoms with Gasteiger partial charge in [-0.05, 0) is 37.6 Å². The molecule has 1 amide bonds. The highest BCUT2D eigenvalue weighted by molar-refractivity contribution is 6.41. The monoisotopic (exact) mass is 409 g/mol. The van der Waals surface area contributed by atoms with Gasteiger partial charge in [-0.2, -0.15) is 0 Å². The summed E-state index contributed by atoms with van der Waals surface area (Å²) in [6, 6.07) is 9.30. The lowest BCUT2D eigenvalue weighted by atomic mass is 10.1. The quantitative estimate of drug-likeness (QED) is 0.485. The summed E-state index contributed by atoms with van der Waals surface area (Å²) in [5.74, 6) is 0.597. The fourth-order valence-corrected chi connectivity index (χ4v) is 2.93. The highest BCUT2D eigenvalue weighted by Gasteiger charge is 2.09. The number of benzene rings is 1. The molecule has 0 radical (unpaired) electrons. The number of amides is 1. The Balaban J connectivity index is 2.05. The molecule has 0 saturated heterocycles. The molecule has 8 heteroatoms. The van der Waals surface area contributed by atoms with Crippen LogP contribution < -0.4 is 16.0 Å². The number of hydrogen-bond donors (Lipinski definition) is 3. The molecule has 1 aromatic carbocycles. The van der Waals surface area contributed by atoms with Crippen LogP contribution >= 0.6 is 23.2 Å². The predicted molar refractivity (Wildman–Crippen MR) is 112 cm³/mol. The van der Waals surface area contributed by atoms with Crippen LogP contribution in [0.1, 0.15) is 35.5 Å². The Morgan fingerprint density at radius 3 is 2.48 bits per heavy atom. The van der Waals surface area contributed by atoms with Gasteiger partial charge in [-0.1, -0.05) is 35.3 Å². The Bertz CT molecular complexity index is 816. The third-order valence-corrected chi connectivity index (χ3v) is 4.79. The minimum absolute atomic E-state index is 0.0779. The number of hydrogen-bond acceptors (Lipinski definition) is 2. The Kier molecular flexibility index (Phi) is 8.00. The van der Waals surface area contributed by atoms with Gasteiger partial charge in [0, 0.05) is 31.4 Å². The number of nitrogens with one attached hydrogen (secondary N) is 3. The van der Waals surface area contributed by atoms with Crippen LogP contribution in [0.5, 0.6) is 0 Å². The second-order valence-corrected chi connectivity index (χ2v) is 6.71. The van der Waals surface area contributed by atoms with E-state index in [1.807, 2.05) is 49.7 Å². The highest BCUT2D eigenvalue weighted by atomic mass is 35.5. The normalized spacial score (nSPS) is 11.4. The molecular formula is C19H25Cl2N5O. The largest absolute Gasteiger partial charge is 0.357 e. The molecule has 0 bridgehead atoms. The van der Waals surface area contributed by atoms with Gasteiger partial charge in [-0.15, -0.1) is 0 Å². The smallest absolute Gasteiger partial charge is 0.251 e. The van der Waals surface area contributed by atoms with E-state index in [0.717, 1.165) is 17.8 Å². The predicted octanol–water partition coefficient (Wildman–Crippen LogP) is 3.34. The van der Waals surface area contributed by atoms with E-state index in [1.165, 1.54) is 0 Å². The van der Waals surface area contributed by atoms with E-state index in [0.29, 0.717) is 41.3 Å². The fourth-order valence-electron chi connectivity index (χ4n) is 2.52. The summed E-state index contributed by atoms with van der Waals surface area (Å²) in [5, 5.41) is 10.3. The Morgan fingerprint density at radius 2 is 1.85 bits per heavy atom. The molecule has 0 spiro atoms. The molecule has 0 saturated carbocycles. The van der Waals surface area contributed by atoms with Gasteiger partial charge >= 0.3 is 0 Å². The van der Waals surface area contributed by atoms with Gasteiger partial charge in [0.2, 0.25) is 0 Å². The Labute approximate surface area is 170 Å². The average molecular weight is 410 g/mol. The molecule has 0 aliphatic rings. The summed E-state index contributed by atoms with van der Waals surface area (Å²) in [5.41, 5.74) is 2.55. The first-order valence-corrected chi connectivity index (χ1v) is 9.60. The first-order valence-electron chi connectivity index (χ1n) is 8.85. The van der Waals surface area contributed by atoms with Gasteiger partial charge in [0.15, 0.2) is 5.96 Å². The number of aliphatic imine (C=N–C) groups is 1. The van der Waals surface area contributed by atoms with E-state index in [4.69, 9.17) is 23.2 Å². The van der Waals surface area contributed by atoms with Crippen molar-refractivity contribution in [2.75, 3.05) is 13.1 Å². The maximum absolute atomic E-state index is 12.0. The van der Waals surface area contributed by atoms with Crippen molar-refractivity contribution < 1.29 is 4.79 Å². The van der Waals surface area contributed by atoms with Crippen molar-refractivity contribution in [2.45, 2.75) is 26.9 Å².